The second-order valence-electron chi connectivity index (χ2n) is 6.30. The van der Waals surface area contributed by atoms with E-state index in [-0.39, 0.29) is 11.5 Å². The van der Waals surface area contributed by atoms with E-state index < -0.39 is 5.63 Å². The van der Waals surface area contributed by atoms with E-state index in [2.05, 4.69) is 24.1 Å². The van der Waals surface area contributed by atoms with Gasteiger partial charge in [-0.2, -0.15) is 0 Å². The van der Waals surface area contributed by atoms with Gasteiger partial charge in [0.25, 0.3) is 5.91 Å². The molecule has 26 heavy (non-hydrogen) atoms. The lowest BCUT2D eigenvalue weighted by molar-refractivity contribution is 0.0949. The monoisotopic (exact) mass is 359 g/mol. The molecule has 142 valence electrons. The van der Waals surface area contributed by atoms with Gasteiger partial charge >= 0.3 is 5.63 Å². The molecule has 3 N–H and O–H groups in total. The largest absolute Gasteiger partial charge is 0.422 e. The summed E-state index contributed by atoms with van der Waals surface area (Å²) in [6.45, 7) is 7.14. The molecule has 0 saturated heterocycles. The van der Waals surface area contributed by atoms with Crippen LogP contribution in [0.3, 0.4) is 0 Å². The molecule has 6 nitrogen and oxygen atoms in total. The number of unbranched alkanes of at least 4 members (excludes halogenated alkanes) is 3. The van der Waals surface area contributed by atoms with Crippen molar-refractivity contribution in [3.63, 3.8) is 0 Å². The Kier molecular flexibility index (Phi) is 7.66. The van der Waals surface area contributed by atoms with Crippen LogP contribution in [0.1, 0.15) is 49.9 Å². The highest BCUT2D eigenvalue weighted by Gasteiger charge is 2.14. The molecule has 1 aromatic carbocycles. The van der Waals surface area contributed by atoms with Crippen LogP contribution in [-0.2, 0) is 0 Å². The number of nitrogens with two attached hydrogens (primary N) is 1. The third-order valence-corrected chi connectivity index (χ3v) is 4.51. The number of benzene rings is 1. The fourth-order valence-electron chi connectivity index (χ4n) is 2.96. The molecule has 0 aliphatic heterocycles. The summed E-state index contributed by atoms with van der Waals surface area (Å²) in [6.07, 6.45) is 3.94. The maximum absolute atomic E-state index is 12.3. The highest BCUT2D eigenvalue weighted by Crippen LogP contribution is 2.21. The fourth-order valence-corrected chi connectivity index (χ4v) is 2.96. The van der Waals surface area contributed by atoms with Gasteiger partial charge in [-0.15, -0.1) is 0 Å². The topological polar surface area (TPSA) is 88.6 Å². The van der Waals surface area contributed by atoms with Crippen LogP contribution < -0.4 is 21.6 Å². The zero-order chi connectivity index (χ0) is 18.9. The summed E-state index contributed by atoms with van der Waals surface area (Å²) < 4.78 is 5.40. The Hall–Kier alpha value is -2.34. The molecule has 0 fully saturated rings. The van der Waals surface area contributed by atoms with E-state index in [9.17, 15) is 9.59 Å². The maximum Gasteiger partial charge on any atom is 0.349 e. The van der Waals surface area contributed by atoms with E-state index in [0.717, 1.165) is 49.8 Å². The third kappa shape index (κ3) is 5.08. The van der Waals surface area contributed by atoms with Gasteiger partial charge in [0.15, 0.2) is 0 Å². The SMILES string of the molecule is CCN(CC)c1ccc2cc(C(=O)NCCCCCCN)c(=O)oc2c1. The van der Waals surface area contributed by atoms with Crippen LogP contribution in [0, 0.1) is 0 Å². The number of hydrogen-bond donors (Lipinski definition) is 2. The van der Waals surface area contributed by atoms with Gasteiger partial charge in [0.05, 0.1) is 0 Å². The van der Waals surface area contributed by atoms with E-state index in [0.29, 0.717) is 18.7 Å². The maximum atomic E-state index is 12.3. The molecule has 0 radical (unpaired) electrons. The van der Waals surface area contributed by atoms with Gasteiger partial charge in [-0.05, 0) is 51.4 Å². The first kappa shape index (κ1) is 20.0. The second-order valence-corrected chi connectivity index (χ2v) is 6.30. The van der Waals surface area contributed by atoms with Crippen molar-refractivity contribution in [2.75, 3.05) is 31.1 Å². The number of fused-ring (bicyclic) bond motifs is 1. The molecule has 0 saturated carbocycles. The average molecular weight is 359 g/mol. The summed E-state index contributed by atoms with van der Waals surface area (Å²) in [7, 11) is 0. The van der Waals surface area contributed by atoms with Gasteiger partial charge in [0, 0.05) is 36.8 Å². The molecule has 0 aliphatic carbocycles. The molecular weight excluding hydrogens is 330 g/mol. The zero-order valence-corrected chi connectivity index (χ0v) is 15.7. The number of nitrogens with one attached hydrogen (secondary N) is 1. The molecule has 1 aromatic heterocycles. The van der Waals surface area contributed by atoms with E-state index >= 15 is 0 Å². The van der Waals surface area contributed by atoms with Crippen LogP contribution in [0.2, 0.25) is 0 Å². The lowest BCUT2D eigenvalue weighted by Gasteiger charge is -2.21. The van der Waals surface area contributed by atoms with Crippen molar-refractivity contribution in [1.29, 1.82) is 0 Å². The predicted molar refractivity (Wildman–Crippen MR) is 106 cm³/mol. The molecular formula is C20H29N3O3. The Morgan fingerprint density at radius 2 is 1.85 bits per heavy atom. The van der Waals surface area contributed by atoms with Crippen LogP contribution in [0.5, 0.6) is 0 Å². The van der Waals surface area contributed by atoms with Crippen molar-refractivity contribution in [2.24, 2.45) is 5.73 Å². The second kappa shape index (κ2) is 9.97. The number of carbonyl (C=O) groups excluding carboxylic acids is 1. The summed E-state index contributed by atoms with van der Waals surface area (Å²) >= 11 is 0. The number of carbonyl (C=O) groups is 1. The Morgan fingerprint density at radius 3 is 2.54 bits per heavy atom. The van der Waals surface area contributed by atoms with Crippen LogP contribution in [0.15, 0.2) is 33.5 Å². The third-order valence-electron chi connectivity index (χ3n) is 4.51. The molecule has 6 heteroatoms. The van der Waals surface area contributed by atoms with E-state index in [1.807, 2.05) is 18.2 Å². The van der Waals surface area contributed by atoms with Gasteiger partial charge in [0.2, 0.25) is 0 Å². The first-order valence-electron chi connectivity index (χ1n) is 9.41. The van der Waals surface area contributed by atoms with Crippen molar-refractivity contribution in [3.8, 4) is 0 Å². The minimum absolute atomic E-state index is 0.0510. The van der Waals surface area contributed by atoms with Crippen LogP contribution in [-0.4, -0.2) is 32.1 Å². The molecule has 2 aromatic rings. The molecule has 0 spiro atoms. The summed E-state index contributed by atoms with van der Waals surface area (Å²) in [6, 6.07) is 7.32. The Labute approximate surface area is 154 Å². The molecule has 1 heterocycles. The molecule has 0 bridgehead atoms. The lowest BCUT2D eigenvalue weighted by Crippen LogP contribution is -2.29. The first-order valence-corrected chi connectivity index (χ1v) is 9.41. The number of hydrogen-bond acceptors (Lipinski definition) is 5. The standard InChI is InChI=1S/C20H29N3O3/c1-3-23(4-2)16-10-9-15-13-17(20(25)26-18(15)14-16)19(24)22-12-8-6-5-7-11-21/h9-10,13-14H,3-8,11-12,21H2,1-2H3,(H,22,24). The quantitative estimate of drug-likeness (QED) is 0.503. The van der Waals surface area contributed by atoms with E-state index in [1.165, 1.54) is 0 Å². The van der Waals surface area contributed by atoms with Crippen LogP contribution in [0.25, 0.3) is 11.0 Å². The molecule has 2 rings (SSSR count). The number of amides is 1. The Balaban J connectivity index is 2.09. The van der Waals surface area contributed by atoms with Crippen LogP contribution >= 0.6 is 0 Å². The first-order chi connectivity index (χ1) is 12.6. The highest BCUT2D eigenvalue weighted by atomic mass is 16.4. The van der Waals surface area contributed by atoms with Gasteiger partial charge < -0.3 is 20.4 Å². The van der Waals surface area contributed by atoms with E-state index in [4.69, 9.17) is 10.2 Å². The average Bonchev–Trinajstić information content (AvgIpc) is 2.64. The highest BCUT2D eigenvalue weighted by molar-refractivity contribution is 5.96. The minimum atomic E-state index is -0.602. The minimum Gasteiger partial charge on any atom is -0.422 e. The fraction of sp³-hybridized carbons (Fsp3) is 0.500. The van der Waals surface area contributed by atoms with Crippen molar-refractivity contribution in [2.45, 2.75) is 39.5 Å². The summed E-state index contributed by atoms with van der Waals surface area (Å²) in [5.41, 5.74) is 6.40. The number of nitrogens with zero attached hydrogens (tertiary/aromatic N) is 1. The Morgan fingerprint density at radius 1 is 1.12 bits per heavy atom. The van der Waals surface area contributed by atoms with Gasteiger partial charge in [0.1, 0.15) is 11.1 Å². The number of rotatable bonds is 10. The smallest absolute Gasteiger partial charge is 0.349 e. The normalized spacial score (nSPS) is 10.9. The zero-order valence-electron chi connectivity index (χ0n) is 15.7. The van der Waals surface area contributed by atoms with Crippen molar-refractivity contribution < 1.29 is 9.21 Å². The Bertz CT molecular complexity index is 781. The van der Waals surface area contributed by atoms with Gasteiger partial charge in [-0.3, -0.25) is 4.79 Å². The molecule has 0 unspecified atom stereocenters. The molecule has 0 atom stereocenters. The summed E-state index contributed by atoms with van der Waals surface area (Å²) in [4.78, 5) is 26.7. The van der Waals surface area contributed by atoms with E-state index in [1.54, 1.807) is 6.07 Å². The van der Waals surface area contributed by atoms with Crippen molar-refractivity contribution in [1.82, 2.24) is 5.32 Å². The summed E-state index contributed by atoms with van der Waals surface area (Å²) in [5.74, 6) is -0.382. The summed E-state index contributed by atoms with van der Waals surface area (Å²) in [5, 5.41) is 3.53. The van der Waals surface area contributed by atoms with Crippen molar-refractivity contribution >= 4 is 22.6 Å². The van der Waals surface area contributed by atoms with Crippen molar-refractivity contribution in [3.05, 3.63) is 40.2 Å². The molecule has 1 amide bonds. The molecule has 0 aliphatic rings. The van der Waals surface area contributed by atoms with Crippen LogP contribution in [0.4, 0.5) is 5.69 Å². The van der Waals surface area contributed by atoms with Gasteiger partial charge in [-0.25, -0.2) is 4.79 Å². The predicted octanol–water partition coefficient (Wildman–Crippen LogP) is 2.89. The number of anilines is 1. The van der Waals surface area contributed by atoms with Gasteiger partial charge in [-0.1, -0.05) is 12.8 Å². The lowest BCUT2D eigenvalue weighted by atomic mass is 10.1.